The van der Waals surface area contributed by atoms with Crippen LogP contribution >= 0.6 is 0 Å². The van der Waals surface area contributed by atoms with Gasteiger partial charge in [0.1, 0.15) is 11.9 Å². The Balaban J connectivity index is 1.35. The number of aliphatic hydroxyl groups is 1. The summed E-state index contributed by atoms with van der Waals surface area (Å²) in [6, 6.07) is 11.8. The average molecular weight is 357 g/mol. The molecule has 26 heavy (non-hydrogen) atoms. The number of nitrogens with zero attached hydrogens (tertiary/aromatic N) is 2. The summed E-state index contributed by atoms with van der Waals surface area (Å²) in [6.45, 7) is 6.91. The van der Waals surface area contributed by atoms with Crippen LogP contribution in [0.25, 0.3) is 0 Å². The molecule has 0 aliphatic carbocycles. The fourth-order valence-corrected chi connectivity index (χ4v) is 3.11. The molecule has 1 saturated heterocycles. The zero-order valence-corrected chi connectivity index (χ0v) is 15.2. The number of β-amino-alcohol motifs (C(OH)–C–C–N with tert-alkyl or cyclic N) is 1. The number of furan rings is 1. The standard InChI is InChI=1S/C20H27N3O3/c1-16-4-6-17(7-5-16)13-21-20(25)15-23-10-8-22(9-11-23)14-18(24)19-3-2-12-26-19/h2-7,12,18,24H,8-11,13-15H2,1H3,(H,21,25)/t18-/m1/s1. The Labute approximate surface area is 154 Å². The molecule has 0 unspecified atom stereocenters. The third-order valence-corrected chi connectivity index (χ3v) is 4.75. The van der Waals surface area contributed by atoms with E-state index < -0.39 is 6.10 Å². The minimum absolute atomic E-state index is 0.0506. The van der Waals surface area contributed by atoms with Crippen LogP contribution < -0.4 is 5.32 Å². The largest absolute Gasteiger partial charge is 0.467 e. The van der Waals surface area contributed by atoms with Crippen molar-refractivity contribution in [2.24, 2.45) is 0 Å². The third kappa shape index (κ3) is 5.42. The van der Waals surface area contributed by atoms with Crippen LogP contribution in [0.1, 0.15) is 23.0 Å². The van der Waals surface area contributed by atoms with Gasteiger partial charge in [-0.25, -0.2) is 0 Å². The molecule has 2 aromatic rings. The molecule has 6 heteroatoms. The quantitative estimate of drug-likeness (QED) is 0.787. The van der Waals surface area contributed by atoms with E-state index in [0.29, 0.717) is 25.4 Å². The lowest BCUT2D eigenvalue weighted by atomic mass is 10.1. The molecule has 1 aromatic heterocycles. The molecule has 1 fully saturated rings. The van der Waals surface area contributed by atoms with E-state index in [9.17, 15) is 9.90 Å². The molecule has 0 saturated carbocycles. The van der Waals surface area contributed by atoms with Gasteiger partial charge in [0.15, 0.2) is 0 Å². The number of piperazine rings is 1. The van der Waals surface area contributed by atoms with Gasteiger partial charge in [-0.1, -0.05) is 29.8 Å². The van der Waals surface area contributed by atoms with Crippen molar-refractivity contribution in [3.8, 4) is 0 Å². The number of nitrogens with one attached hydrogen (secondary N) is 1. The molecule has 1 aliphatic rings. The Kier molecular flexibility index (Phi) is 6.44. The number of amides is 1. The number of rotatable bonds is 7. The van der Waals surface area contributed by atoms with Crippen molar-refractivity contribution in [3.63, 3.8) is 0 Å². The maximum Gasteiger partial charge on any atom is 0.234 e. The fourth-order valence-electron chi connectivity index (χ4n) is 3.11. The monoisotopic (exact) mass is 357 g/mol. The van der Waals surface area contributed by atoms with Gasteiger partial charge in [0.25, 0.3) is 0 Å². The summed E-state index contributed by atoms with van der Waals surface area (Å²) in [7, 11) is 0. The molecule has 3 rings (SSSR count). The number of benzene rings is 1. The molecular weight excluding hydrogens is 330 g/mol. The van der Waals surface area contributed by atoms with Crippen LogP contribution in [0.4, 0.5) is 0 Å². The van der Waals surface area contributed by atoms with Crippen molar-refractivity contribution < 1.29 is 14.3 Å². The van der Waals surface area contributed by atoms with Gasteiger partial charge in [-0.3, -0.25) is 14.6 Å². The van der Waals surface area contributed by atoms with Gasteiger partial charge in [-0.2, -0.15) is 0 Å². The van der Waals surface area contributed by atoms with Gasteiger partial charge in [0.2, 0.25) is 5.91 Å². The fraction of sp³-hybridized carbons (Fsp3) is 0.450. The van der Waals surface area contributed by atoms with Gasteiger partial charge < -0.3 is 14.8 Å². The molecule has 2 heterocycles. The highest BCUT2D eigenvalue weighted by Crippen LogP contribution is 2.15. The molecule has 6 nitrogen and oxygen atoms in total. The predicted octanol–water partition coefficient (Wildman–Crippen LogP) is 1.56. The van der Waals surface area contributed by atoms with E-state index in [2.05, 4.69) is 34.2 Å². The maximum absolute atomic E-state index is 12.1. The highest BCUT2D eigenvalue weighted by Gasteiger charge is 2.22. The highest BCUT2D eigenvalue weighted by molar-refractivity contribution is 5.78. The summed E-state index contributed by atoms with van der Waals surface area (Å²) >= 11 is 0. The lowest BCUT2D eigenvalue weighted by molar-refractivity contribution is -0.122. The molecule has 1 atom stereocenters. The van der Waals surface area contributed by atoms with Crippen LogP contribution in [-0.4, -0.2) is 60.1 Å². The maximum atomic E-state index is 12.1. The first-order valence-corrected chi connectivity index (χ1v) is 9.08. The number of aryl methyl sites for hydroxylation is 1. The van der Waals surface area contributed by atoms with E-state index >= 15 is 0 Å². The number of hydrogen-bond donors (Lipinski definition) is 2. The van der Waals surface area contributed by atoms with Crippen LogP contribution in [0.5, 0.6) is 0 Å². The second-order valence-corrected chi connectivity index (χ2v) is 6.87. The normalized spacial score (nSPS) is 17.2. The Bertz CT molecular complexity index is 677. The van der Waals surface area contributed by atoms with Crippen LogP contribution in [-0.2, 0) is 11.3 Å². The van der Waals surface area contributed by atoms with Crippen molar-refractivity contribution in [2.45, 2.75) is 19.6 Å². The van der Waals surface area contributed by atoms with Gasteiger partial charge in [0.05, 0.1) is 12.8 Å². The molecule has 1 amide bonds. The molecule has 1 aromatic carbocycles. The number of hydrogen-bond acceptors (Lipinski definition) is 5. The molecule has 0 radical (unpaired) electrons. The summed E-state index contributed by atoms with van der Waals surface area (Å²) in [5.41, 5.74) is 2.33. The first kappa shape index (κ1) is 18.6. The summed E-state index contributed by atoms with van der Waals surface area (Å²) in [4.78, 5) is 16.5. The summed E-state index contributed by atoms with van der Waals surface area (Å²) in [5.74, 6) is 0.651. The van der Waals surface area contributed by atoms with E-state index in [1.165, 1.54) is 5.56 Å². The van der Waals surface area contributed by atoms with Crippen molar-refractivity contribution in [2.75, 3.05) is 39.3 Å². The van der Waals surface area contributed by atoms with E-state index in [1.54, 1.807) is 18.4 Å². The van der Waals surface area contributed by atoms with E-state index in [-0.39, 0.29) is 5.91 Å². The molecule has 2 N–H and O–H groups in total. The summed E-state index contributed by atoms with van der Waals surface area (Å²) < 4.78 is 5.24. The number of aliphatic hydroxyl groups excluding tert-OH is 1. The Hall–Kier alpha value is -2.15. The zero-order valence-electron chi connectivity index (χ0n) is 15.2. The van der Waals surface area contributed by atoms with Crippen LogP contribution in [0, 0.1) is 6.92 Å². The Morgan fingerprint density at radius 3 is 2.50 bits per heavy atom. The molecule has 0 bridgehead atoms. The lowest BCUT2D eigenvalue weighted by Crippen LogP contribution is -2.50. The lowest BCUT2D eigenvalue weighted by Gasteiger charge is -2.34. The Morgan fingerprint density at radius 1 is 1.15 bits per heavy atom. The van der Waals surface area contributed by atoms with E-state index in [0.717, 1.165) is 31.7 Å². The average Bonchev–Trinajstić information content (AvgIpc) is 3.18. The van der Waals surface area contributed by atoms with Crippen molar-refractivity contribution >= 4 is 5.91 Å². The summed E-state index contributed by atoms with van der Waals surface area (Å²) in [6.07, 6.45) is 0.973. The predicted molar refractivity (Wildman–Crippen MR) is 99.6 cm³/mol. The van der Waals surface area contributed by atoms with Crippen LogP contribution in [0.3, 0.4) is 0 Å². The minimum Gasteiger partial charge on any atom is -0.467 e. The molecular formula is C20H27N3O3. The first-order chi connectivity index (χ1) is 12.6. The first-order valence-electron chi connectivity index (χ1n) is 9.08. The van der Waals surface area contributed by atoms with Crippen LogP contribution in [0.2, 0.25) is 0 Å². The molecule has 140 valence electrons. The smallest absolute Gasteiger partial charge is 0.234 e. The van der Waals surface area contributed by atoms with Gasteiger partial charge in [-0.15, -0.1) is 0 Å². The van der Waals surface area contributed by atoms with E-state index in [1.807, 2.05) is 12.1 Å². The van der Waals surface area contributed by atoms with Crippen molar-refractivity contribution in [3.05, 3.63) is 59.5 Å². The zero-order chi connectivity index (χ0) is 18.4. The summed E-state index contributed by atoms with van der Waals surface area (Å²) in [5, 5.41) is 13.1. The molecule has 0 spiro atoms. The van der Waals surface area contributed by atoms with Gasteiger partial charge in [-0.05, 0) is 24.6 Å². The third-order valence-electron chi connectivity index (χ3n) is 4.75. The van der Waals surface area contributed by atoms with Crippen LogP contribution in [0.15, 0.2) is 47.1 Å². The van der Waals surface area contributed by atoms with Gasteiger partial charge >= 0.3 is 0 Å². The van der Waals surface area contributed by atoms with E-state index in [4.69, 9.17) is 4.42 Å². The highest BCUT2D eigenvalue weighted by atomic mass is 16.4. The number of carbonyl (C=O) groups is 1. The topological polar surface area (TPSA) is 69.0 Å². The molecule has 1 aliphatic heterocycles. The SMILES string of the molecule is Cc1ccc(CNC(=O)CN2CCN(C[C@@H](O)c3ccco3)CC2)cc1. The number of carbonyl (C=O) groups excluding carboxylic acids is 1. The van der Waals surface area contributed by atoms with Crippen molar-refractivity contribution in [1.82, 2.24) is 15.1 Å². The second kappa shape index (κ2) is 8.98. The van der Waals surface area contributed by atoms with Gasteiger partial charge in [0, 0.05) is 39.3 Å². The second-order valence-electron chi connectivity index (χ2n) is 6.87. The minimum atomic E-state index is -0.602. The van der Waals surface area contributed by atoms with Crippen molar-refractivity contribution in [1.29, 1.82) is 0 Å². The Morgan fingerprint density at radius 2 is 1.85 bits per heavy atom.